The largest absolute Gasteiger partial charge is 0.497 e. The summed E-state index contributed by atoms with van der Waals surface area (Å²) in [6, 6.07) is 13.1. The number of ether oxygens (including phenoxy) is 2. The zero-order valence-corrected chi connectivity index (χ0v) is 20.0. The average molecular weight is 495 g/mol. The summed E-state index contributed by atoms with van der Waals surface area (Å²) in [6.07, 6.45) is 1.85. The van der Waals surface area contributed by atoms with Gasteiger partial charge in [0.15, 0.2) is 9.84 Å². The second-order valence-electron chi connectivity index (χ2n) is 7.08. The maximum Gasteiger partial charge on any atom is 0.240 e. The van der Waals surface area contributed by atoms with Crippen molar-refractivity contribution >= 4 is 19.9 Å². The minimum absolute atomic E-state index is 0.0106. The maximum absolute atomic E-state index is 12.5. The summed E-state index contributed by atoms with van der Waals surface area (Å²) in [5, 5.41) is 0. The van der Waals surface area contributed by atoms with E-state index in [2.05, 4.69) is 9.71 Å². The van der Waals surface area contributed by atoms with Crippen molar-refractivity contribution < 1.29 is 30.7 Å². The van der Waals surface area contributed by atoms with Gasteiger partial charge in [-0.1, -0.05) is 6.92 Å². The molecular weight excluding hydrogens is 468 g/mol. The number of aromatic nitrogens is 1. The van der Waals surface area contributed by atoms with Crippen molar-refractivity contribution in [3.63, 3.8) is 0 Å². The van der Waals surface area contributed by atoms with Gasteiger partial charge in [0.1, 0.15) is 24.4 Å². The number of rotatable bonds is 12. The molecule has 0 spiro atoms. The summed E-state index contributed by atoms with van der Waals surface area (Å²) < 4.78 is 66.5. The summed E-state index contributed by atoms with van der Waals surface area (Å²) >= 11 is 0. The van der Waals surface area contributed by atoms with Crippen LogP contribution in [0.4, 0.5) is 0 Å². The van der Waals surface area contributed by atoms with Crippen LogP contribution in [0.3, 0.4) is 0 Å². The highest BCUT2D eigenvalue weighted by atomic mass is 32.2. The van der Waals surface area contributed by atoms with Crippen LogP contribution in [-0.2, 0) is 26.3 Å². The van der Waals surface area contributed by atoms with Crippen LogP contribution in [0.1, 0.15) is 12.6 Å². The van der Waals surface area contributed by atoms with Gasteiger partial charge in [-0.05, 0) is 48.5 Å². The molecule has 1 heterocycles. The standard InChI is InChI=1S/C22H26N2O7S2/c1-3-32(25,26)15-14-30-20-8-10-21(11-9-20)33(27,28)23-13-12-18-16-31-22(24-18)17-4-6-19(29-2)7-5-17/h4-11,16,23H,3,12-15H2,1-2H3. The molecule has 2 aromatic carbocycles. The molecule has 11 heteroatoms. The van der Waals surface area contributed by atoms with Crippen LogP contribution in [0.25, 0.3) is 11.5 Å². The Bertz CT molecular complexity index is 1250. The second-order valence-corrected chi connectivity index (χ2v) is 11.3. The molecule has 0 aliphatic rings. The predicted octanol–water partition coefficient (Wildman–Crippen LogP) is 2.68. The van der Waals surface area contributed by atoms with Gasteiger partial charge in [0, 0.05) is 24.3 Å². The zero-order valence-electron chi connectivity index (χ0n) is 18.4. The molecule has 0 radical (unpaired) electrons. The third-order valence-corrected chi connectivity index (χ3v) is 7.94. The predicted molar refractivity (Wildman–Crippen MR) is 124 cm³/mol. The first-order valence-corrected chi connectivity index (χ1v) is 13.5. The van der Waals surface area contributed by atoms with Crippen molar-refractivity contribution in [3.05, 3.63) is 60.5 Å². The first kappa shape index (κ1) is 24.7. The van der Waals surface area contributed by atoms with Gasteiger partial charge >= 0.3 is 0 Å². The Kier molecular flexibility index (Phi) is 8.11. The van der Waals surface area contributed by atoms with Crippen molar-refractivity contribution in [2.75, 3.05) is 31.8 Å². The minimum atomic E-state index is -3.72. The van der Waals surface area contributed by atoms with Crippen LogP contribution >= 0.6 is 0 Å². The Balaban J connectivity index is 1.51. The van der Waals surface area contributed by atoms with E-state index in [9.17, 15) is 16.8 Å². The highest BCUT2D eigenvalue weighted by Gasteiger charge is 2.15. The van der Waals surface area contributed by atoms with Gasteiger partial charge in [-0.15, -0.1) is 0 Å². The van der Waals surface area contributed by atoms with Crippen molar-refractivity contribution in [2.24, 2.45) is 0 Å². The number of hydrogen-bond donors (Lipinski definition) is 1. The fraction of sp³-hybridized carbons (Fsp3) is 0.318. The lowest BCUT2D eigenvalue weighted by Crippen LogP contribution is -2.26. The van der Waals surface area contributed by atoms with Crippen LogP contribution in [0.5, 0.6) is 11.5 Å². The molecule has 0 saturated carbocycles. The molecule has 178 valence electrons. The molecule has 1 N–H and O–H groups in total. The Hall–Kier alpha value is -2.89. The lowest BCUT2D eigenvalue weighted by molar-refractivity contribution is 0.340. The van der Waals surface area contributed by atoms with E-state index >= 15 is 0 Å². The molecule has 9 nitrogen and oxygen atoms in total. The molecule has 3 rings (SSSR count). The Morgan fingerprint density at radius 2 is 1.64 bits per heavy atom. The quantitative estimate of drug-likeness (QED) is 0.407. The summed E-state index contributed by atoms with van der Waals surface area (Å²) in [6.45, 7) is 1.73. The van der Waals surface area contributed by atoms with Crippen molar-refractivity contribution in [2.45, 2.75) is 18.2 Å². The molecule has 3 aromatic rings. The minimum Gasteiger partial charge on any atom is -0.497 e. The second kappa shape index (κ2) is 10.8. The van der Waals surface area contributed by atoms with E-state index in [0.29, 0.717) is 23.8 Å². The van der Waals surface area contributed by atoms with Crippen molar-refractivity contribution in [3.8, 4) is 23.0 Å². The fourth-order valence-corrected chi connectivity index (χ4v) is 4.49. The summed E-state index contributed by atoms with van der Waals surface area (Å²) in [5.41, 5.74) is 1.41. The molecule has 0 aliphatic carbocycles. The topological polar surface area (TPSA) is 125 Å². The number of sulfonamides is 1. The highest BCUT2D eigenvalue weighted by molar-refractivity contribution is 7.91. The molecule has 0 bridgehead atoms. The van der Waals surface area contributed by atoms with Gasteiger partial charge in [-0.25, -0.2) is 26.5 Å². The summed E-state index contributed by atoms with van der Waals surface area (Å²) in [4.78, 5) is 4.47. The van der Waals surface area contributed by atoms with E-state index in [0.717, 1.165) is 11.3 Å². The third kappa shape index (κ3) is 7.04. The van der Waals surface area contributed by atoms with Gasteiger partial charge in [-0.2, -0.15) is 0 Å². The number of nitrogens with one attached hydrogen (secondary N) is 1. The van der Waals surface area contributed by atoms with E-state index < -0.39 is 19.9 Å². The van der Waals surface area contributed by atoms with Gasteiger partial charge < -0.3 is 13.9 Å². The molecule has 0 saturated heterocycles. The lowest BCUT2D eigenvalue weighted by atomic mass is 10.2. The lowest BCUT2D eigenvalue weighted by Gasteiger charge is -2.08. The Labute approximate surface area is 193 Å². The number of hydrogen-bond acceptors (Lipinski definition) is 8. The number of sulfone groups is 1. The Morgan fingerprint density at radius 3 is 2.27 bits per heavy atom. The van der Waals surface area contributed by atoms with Gasteiger partial charge in [-0.3, -0.25) is 0 Å². The van der Waals surface area contributed by atoms with E-state index in [1.165, 1.54) is 30.5 Å². The molecule has 0 fully saturated rings. The Morgan fingerprint density at radius 1 is 0.970 bits per heavy atom. The van der Waals surface area contributed by atoms with Crippen molar-refractivity contribution in [1.82, 2.24) is 9.71 Å². The van der Waals surface area contributed by atoms with Crippen LogP contribution < -0.4 is 14.2 Å². The highest BCUT2D eigenvalue weighted by Crippen LogP contribution is 2.22. The normalized spacial score (nSPS) is 11.9. The monoisotopic (exact) mass is 494 g/mol. The molecule has 1 aromatic heterocycles. The first-order valence-electron chi connectivity index (χ1n) is 10.2. The molecule has 33 heavy (non-hydrogen) atoms. The van der Waals surface area contributed by atoms with E-state index in [-0.39, 0.29) is 29.6 Å². The molecule has 0 unspecified atom stereocenters. The van der Waals surface area contributed by atoms with Gasteiger partial charge in [0.25, 0.3) is 0 Å². The molecular formula is C22H26N2O7S2. The number of oxazole rings is 1. The average Bonchev–Trinajstić information content (AvgIpc) is 3.28. The number of nitrogens with zero attached hydrogens (tertiary/aromatic N) is 1. The van der Waals surface area contributed by atoms with Crippen LogP contribution in [-0.4, -0.2) is 53.6 Å². The van der Waals surface area contributed by atoms with E-state index in [1.807, 2.05) is 12.1 Å². The van der Waals surface area contributed by atoms with Crippen LogP contribution in [0.2, 0.25) is 0 Å². The molecule has 0 aliphatic heterocycles. The van der Waals surface area contributed by atoms with Crippen LogP contribution in [0, 0.1) is 0 Å². The van der Waals surface area contributed by atoms with E-state index in [1.54, 1.807) is 26.2 Å². The summed E-state index contributed by atoms with van der Waals surface area (Å²) in [7, 11) is -5.25. The molecule has 0 atom stereocenters. The van der Waals surface area contributed by atoms with Gasteiger partial charge in [0.05, 0.1) is 23.5 Å². The third-order valence-electron chi connectivity index (χ3n) is 4.80. The van der Waals surface area contributed by atoms with Crippen LogP contribution in [0.15, 0.2) is 64.1 Å². The fourth-order valence-electron chi connectivity index (χ4n) is 2.83. The summed E-state index contributed by atoms with van der Waals surface area (Å²) in [5.74, 6) is 1.53. The number of benzene rings is 2. The van der Waals surface area contributed by atoms with E-state index in [4.69, 9.17) is 13.9 Å². The first-order chi connectivity index (χ1) is 15.7. The number of methoxy groups -OCH3 is 1. The van der Waals surface area contributed by atoms with Crippen molar-refractivity contribution in [1.29, 1.82) is 0 Å². The SMILES string of the molecule is CCS(=O)(=O)CCOc1ccc(S(=O)(=O)NCCc2coc(-c3ccc(OC)cc3)n2)cc1. The van der Waals surface area contributed by atoms with Gasteiger partial charge in [0.2, 0.25) is 15.9 Å². The zero-order chi connectivity index (χ0) is 23.9. The molecule has 0 amide bonds. The maximum atomic E-state index is 12.5. The smallest absolute Gasteiger partial charge is 0.240 e.